The number of esters is 1. The SMILES string of the molecule is CC[N+]1(C)CCC(OC(=O)C(c2noc3ccccc23)C2CCCCC2)CC1. The maximum Gasteiger partial charge on any atom is 0.315 e. The largest absolute Gasteiger partial charge is 0.461 e. The highest BCUT2D eigenvalue weighted by Crippen LogP contribution is 2.39. The number of para-hydroxylation sites is 1. The van der Waals surface area contributed by atoms with Gasteiger partial charge in [-0.3, -0.25) is 4.79 Å². The van der Waals surface area contributed by atoms with Crippen LogP contribution < -0.4 is 0 Å². The van der Waals surface area contributed by atoms with E-state index in [1.54, 1.807) is 0 Å². The summed E-state index contributed by atoms with van der Waals surface area (Å²) in [4.78, 5) is 13.4. The lowest BCUT2D eigenvalue weighted by molar-refractivity contribution is -0.913. The van der Waals surface area contributed by atoms with E-state index in [2.05, 4.69) is 19.1 Å². The maximum atomic E-state index is 13.4. The zero-order valence-corrected chi connectivity index (χ0v) is 17.2. The first-order valence-corrected chi connectivity index (χ1v) is 11.0. The molecule has 1 aromatic heterocycles. The standard InChI is InChI=1S/C23H33N2O3/c1-3-25(2)15-13-18(14-16-25)27-23(26)21(17-9-5-4-6-10-17)22-19-11-7-8-12-20(19)28-24-22/h7-8,11-12,17-18,21H,3-6,9-10,13-16H2,1-2H3/q+1. The normalized spacial score (nSPS) is 27.6. The summed E-state index contributed by atoms with van der Waals surface area (Å²) in [6.45, 7) is 5.53. The molecule has 0 N–H and O–H groups in total. The Bertz CT molecular complexity index is 801. The summed E-state index contributed by atoms with van der Waals surface area (Å²) < 4.78 is 12.7. The number of likely N-dealkylation sites (tertiary alicyclic amines) is 1. The molecule has 28 heavy (non-hydrogen) atoms. The number of carbonyl (C=O) groups excluding carboxylic acids is 1. The van der Waals surface area contributed by atoms with Gasteiger partial charge >= 0.3 is 5.97 Å². The molecule has 2 aliphatic rings. The number of benzene rings is 1. The van der Waals surface area contributed by atoms with Crippen molar-refractivity contribution in [3.63, 3.8) is 0 Å². The van der Waals surface area contributed by atoms with Crippen molar-refractivity contribution in [1.29, 1.82) is 0 Å². The van der Waals surface area contributed by atoms with E-state index in [1.165, 1.54) is 19.3 Å². The number of piperidine rings is 1. The zero-order valence-electron chi connectivity index (χ0n) is 17.2. The Kier molecular flexibility index (Phi) is 5.72. The third kappa shape index (κ3) is 3.95. The molecule has 1 aromatic carbocycles. The quantitative estimate of drug-likeness (QED) is 0.555. The number of hydrogen-bond donors (Lipinski definition) is 0. The van der Waals surface area contributed by atoms with E-state index in [4.69, 9.17) is 9.26 Å². The Morgan fingerprint density at radius 3 is 2.61 bits per heavy atom. The second-order valence-electron chi connectivity index (χ2n) is 8.96. The van der Waals surface area contributed by atoms with E-state index in [-0.39, 0.29) is 18.0 Å². The van der Waals surface area contributed by atoms with Crippen LogP contribution >= 0.6 is 0 Å². The van der Waals surface area contributed by atoms with Gasteiger partial charge in [0.2, 0.25) is 0 Å². The molecular weight excluding hydrogens is 352 g/mol. The van der Waals surface area contributed by atoms with Crippen molar-refractivity contribution < 1.29 is 18.5 Å². The maximum absolute atomic E-state index is 13.4. The zero-order chi connectivity index (χ0) is 19.6. The van der Waals surface area contributed by atoms with E-state index in [0.29, 0.717) is 5.92 Å². The minimum Gasteiger partial charge on any atom is -0.461 e. The van der Waals surface area contributed by atoms with Crippen molar-refractivity contribution in [2.45, 2.75) is 63.9 Å². The molecule has 0 amide bonds. The minimum absolute atomic E-state index is 0.0366. The van der Waals surface area contributed by atoms with E-state index < -0.39 is 0 Å². The smallest absolute Gasteiger partial charge is 0.315 e. The van der Waals surface area contributed by atoms with Crippen molar-refractivity contribution in [2.24, 2.45) is 5.92 Å². The van der Waals surface area contributed by atoms with Gasteiger partial charge in [-0.2, -0.15) is 0 Å². The van der Waals surface area contributed by atoms with E-state index in [1.807, 2.05) is 24.3 Å². The lowest BCUT2D eigenvalue weighted by Crippen LogP contribution is -2.51. The van der Waals surface area contributed by atoms with Gasteiger partial charge < -0.3 is 13.7 Å². The molecule has 2 fully saturated rings. The van der Waals surface area contributed by atoms with Gasteiger partial charge in [0.1, 0.15) is 17.7 Å². The topological polar surface area (TPSA) is 52.3 Å². The molecule has 1 saturated carbocycles. The number of quaternary nitrogens is 1. The average Bonchev–Trinajstić information content (AvgIpc) is 3.15. The van der Waals surface area contributed by atoms with Crippen LogP contribution in [0, 0.1) is 5.92 Å². The minimum atomic E-state index is -0.307. The third-order valence-corrected chi connectivity index (χ3v) is 7.10. The summed E-state index contributed by atoms with van der Waals surface area (Å²) in [5.41, 5.74) is 1.53. The number of ether oxygens (including phenoxy) is 1. The van der Waals surface area contributed by atoms with Crippen LogP contribution in [0.4, 0.5) is 0 Å². The first-order valence-electron chi connectivity index (χ1n) is 11.0. The summed E-state index contributed by atoms with van der Waals surface area (Å²) in [5, 5.41) is 5.30. The van der Waals surface area contributed by atoms with E-state index >= 15 is 0 Å². The Balaban J connectivity index is 1.54. The second-order valence-corrected chi connectivity index (χ2v) is 8.96. The summed E-state index contributed by atoms with van der Waals surface area (Å²) in [6, 6.07) is 7.85. The monoisotopic (exact) mass is 385 g/mol. The number of aromatic nitrogens is 1. The summed E-state index contributed by atoms with van der Waals surface area (Å²) >= 11 is 0. The van der Waals surface area contributed by atoms with E-state index in [9.17, 15) is 4.79 Å². The number of fused-ring (bicyclic) bond motifs is 1. The Labute approximate surface area is 167 Å². The van der Waals surface area contributed by atoms with Crippen LogP contribution in [0.15, 0.2) is 28.8 Å². The lowest BCUT2D eigenvalue weighted by Gasteiger charge is -2.40. The highest BCUT2D eigenvalue weighted by molar-refractivity contribution is 5.87. The van der Waals surface area contributed by atoms with Crippen molar-refractivity contribution in [2.75, 3.05) is 26.7 Å². The van der Waals surface area contributed by atoms with Gasteiger partial charge in [-0.15, -0.1) is 0 Å². The third-order valence-electron chi connectivity index (χ3n) is 7.10. The Morgan fingerprint density at radius 2 is 1.89 bits per heavy atom. The molecule has 1 aliphatic carbocycles. The Morgan fingerprint density at radius 1 is 1.18 bits per heavy atom. The van der Waals surface area contributed by atoms with Crippen LogP contribution in [0.2, 0.25) is 0 Å². The molecule has 0 spiro atoms. The molecule has 4 rings (SSSR count). The molecule has 1 saturated heterocycles. The fourth-order valence-corrected chi connectivity index (χ4v) is 4.96. The van der Waals surface area contributed by atoms with Crippen molar-refractivity contribution in [3.05, 3.63) is 30.0 Å². The van der Waals surface area contributed by atoms with Gasteiger partial charge in [0.25, 0.3) is 0 Å². The number of rotatable bonds is 5. The lowest BCUT2D eigenvalue weighted by atomic mass is 9.78. The molecule has 0 bridgehead atoms. The molecule has 1 atom stereocenters. The summed E-state index contributed by atoms with van der Waals surface area (Å²) in [7, 11) is 2.30. The average molecular weight is 386 g/mol. The van der Waals surface area contributed by atoms with E-state index in [0.717, 1.165) is 66.5 Å². The molecule has 0 radical (unpaired) electrons. The summed E-state index contributed by atoms with van der Waals surface area (Å²) in [5.74, 6) is -0.100. The van der Waals surface area contributed by atoms with Gasteiger partial charge in [-0.1, -0.05) is 36.6 Å². The van der Waals surface area contributed by atoms with Crippen LogP contribution in [0.5, 0.6) is 0 Å². The Hall–Kier alpha value is -1.88. The van der Waals surface area contributed by atoms with Gasteiger partial charge in [0, 0.05) is 18.2 Å². The van der Waals surface area contributed by atoms with Crippen molar-refractivity contribution >= 4 is 16.9 Å². The van der Waals surface area contributed by atoms with Gasteiger partial charge in [-0.25, -0.2) is 0 Å². The molecule has 1 unspecified atom stereocenters. The van der Waals surface area contributed by atoms with Crippen molar-refractivity contribution in [1.82, 2.24) is 5.16 Å². The van der Waals surface area contributed by atoms with Gasteiger partial charge in [0.05, 0.1) is 26.7 Å². The molecule has 5 nitrogen and oxygen atoms in total. The predicted molar refractivity (Wildman–Crippen MR) is 109 cm³/mol. The van der Waals surface area contributed by atoms with Crippen LogP contribution in [0.3, 0.4) is 0 Å². The highest BCUT2D eigenvalue weighted by Gasteiger charge is 2.38. The fraction of sp³-hybridized carbons (Fsp3) is 0.652. The van der Waals surface area contributed by atoms with Crippen LogP contribution in [-0.2, 0) is 9.53 Å². The first-order chi connectivity index (χ1) is 13.6. The molecule has 2 heterocycles. The number of carbonyl (C=O) groups is 1. The number of hydrogen-bond acceptors (Lipinski definition) is 4. The molecular formula is C23H33N2O3+. The highest BCUT2D eigenvalue weighted by atomic mass is 16.5. The van der Waals surface area contributed by atoms with Crippen LogP contribution in [-0.4, -0.2) is 48.4 Å². The van der Waals surface area contributed by atoms with Crippen LogP contribution in [0.1, 0.15) is 63.5 Å². The second kappa shape index (κ2) is 8.24. The molecule has 152 valence electrons. The number of nitrogens with zero attached hydrogens (tertiary/aromatic N) is 2. The first kappa shape index (κ1) is 19.4. The predicted octanol–water partition coefficient (Wildman–Crippen LogP) is 4.66. The van der Waals surface area contributed by atoms with Gasteiger partial charge in [-0.05, 0) is 37.8 Å². The summed E-state index contributed by atoms with van der Waals surface area (Å²) in [6.07, 6.45) is 7.69. The molecule has 5 heteroatoms. The molecule has 2 aromatic rings. The van der Waals surface area contributed by atoms with Gasteiger partial charge in [0.15, 0.2) is 5.58 Å². The van der Waals surface area contributed by atoms with Crippen molar-refractivity contribution in [3.8, 4) is 0 Å². The van der Waals surface area contributed by atoms with Crippen LogP contribution in [0.25, 0.3) is 11.0 Å². The fourth-order valence-electron chi connectivity index (χ4n) is 4.96. The molecule has 1 aliphatic heterocycles.